The first kappa shape index (κ1) is 13.0. The zero-order valence-electron chi connectivity index (χ0n) is 8.63. The van der Waals surface area contributed by atoms with Crippen molar-refractivity contribution in [3.63, 3.8) is 0 Å². The van der Waals surface area contributed by atoms with E-state index in [1.165, 1.54) is 12.4 Å². The maximum absolute atomic E-state index is 12.3. The summed E-state index contributed by atoms with van der Waals surface area (Å²) in [7, 11) is 0. The number of hydrogen-bond acceptors (Lipinski definition) is 3. The van der Waals surface area contributed by atoms with Crippen LogP contribution >= 0.6 is 11.6 Å². The molecule has 1 heterocycles. The molecule has 0 amide bonds. The second-order valence-corrected chi connectivity index (χ2v) is 3.66. The first-order valence-electron chi connectivity index (χ1n) is 4.58. The highest BCUT2D eigenvalue weighted by Crippen LogP contribution is 2.19. The van der Waals surface area contributed by atoms with Gasteiger partial charge in [-0.05, 0) is 12.5 Å². The van der Waals surface area contributed by atoms with Gasteiger partial charge in [-0.25, -0.2) is 9.97 Å². The van der Waals surface area contributed by atoms with Crippen LogP contribution in [0.15, 0.2) is 12.4 Å². The van der Waals surface area contributed by atoms with Crippen LogP contribution in [0.25, 0.3) is 0 Å². The Morgan fingerprint density at radius 2 is 1.88 bits per heavy atom. The lowest BCUT2D eigenvalue weighted by Gasteiger charge is -2.22. The van der Waals surface area contributed by atoms with Crippen LogP contribution in [-0.2, 0) is 0 Å². The Balaban J connectivity index is 2.80. The van der Waals surface area contributed by atoms with Crippen LogP contribution in [-0.4, -0.2) is 35.1 Å². The molecule has 90 valence electrons. The molecular formula is C9H11ClF3N3. The van der Waals surface area contributed by atoms with Crippen LogP contribution in [0.3, 0.4) is 0 Å². The van der Waals surface area contributed by atoms with Gasteiger partial charge in [0.2, 0.25) is 5.95 Å². The second-order valence-electron chi connectivity index (χ2n) is 3.29. The Morgan fingerprint density at radius 1 is 1.31 bits per heavy atom. The smallest absolute Gasteiger partial charge is 0.331 e. The number of nitrogens with zero attached hydrogens (tertiary/aromatic N) is 3. The van der Waals surface area contributed by atoms with Gasteiger partial charge in [0, 0.05) is 24.8 Å². The van der Waals surface area contributed by atoms with Crippen molar-refractivity contribution in [2.45, 2.75) is 13.1 Å². The van der Waals surface area contributed by atoms with Crippen LogP contribution in [0.5, 0.6) is 0 Å². The molecule has 0 aliphatic heterocycles. The summed E-state index contributed by atoms with van der Waals surface area (Å²) in [5, 5.41) is 0. The predicted octanol–water partition coefficient (Wildman–Crippen LogP) is 2.39. The fraction of sp³-hybridized carbons (Fsp3) is 0.556. The lowest BCUT2D eigenvalue weighted by atomic mass is 10.4. The molecule has 0 radical (unpaired) electrons. The fourth-order valence-corrected chi connectivity index (χ4v) is 1.32. The average molecular weight is 254 g/mol. The molecule has 0 bridgehead atoms. The minimum absolute atomic E-state index is 0.0450. The molecule has 7 heteroatoms. The normalized spacial score (nSPS) is 11.6. The van der Waals surface area contributed by atoms with E-state index < -0.39 is 12.7 Å². The van der Waals surface area contributed by atoms with Gasteiger partial charge in [-0.15, -0.1) is 11.6 Å². The standard InChI is InChI=1S/C9H11ClF3N3/c1-7-4-14-8(15-5-7)16(3-2-10)6-9(11,12)13/h4-5H,2-3,6H2,1H3. The number of aromatic nitrogens is 2. The van der Waals surface area contributed by atoms with Crippen LogP contribution < -0.4 is 4.90 Å². The molecule has 1 aromatic rings. The van der Waals surface area contributed by atoms with Gasteiger partial charge in [-0.2, -0.15) is 13.2 Å². The molecule has 0 saturated carbocycles. The van der Waals surface area contributed by atoms with Crippen molar-refractivity contribution in [2.24, 2.45) is 0 Å². The van der Waals surface area contributed by atoms with E-state index >= 15 is 0 Å². The van der Waals surface area contributed by atoms with Crippen LogP contribution in [0.4, 0.5) is 19.1 Å². The number of hydrogen-bond donors (Lipinski definition) is 0. The Kier molecular flexibility index (Phi) is 4.35. The van der Waals surface area contributed by atoms with Gasteiger partial charge in [-0.1, -0.05) is 0 Å². The molecule has 0 saturated heterocycles. The van der Waals surface area contributed by atoms with Crippen molar-refractivity contribution >= 4 is 17.5 Å². The minimum Gasteiger partial charge on any atom is -0.331 e. The van der Waals surface area contributed by atoms with Crippen LogP contribution in [0, 0.1) is 6.92 Å². The van der Waals surface area contributed by atoms with E-state index in [0.717, 1.165) is 10.5 Å². The van der Waals surface area contributed by atoms with Crippen molar-refractivity contribution in [1.82, 2.24) is 9.97 Å². The largest absolute Gasteiger partial charge is 0.406 e. The molecular weight excluding hydrogens is 243 g/mol. The number of halogens is 4. The fourth-order valence-electron chi connectivity index (χ4n) is 1.12. The zero-order valence-corrected chi connectivity index (χ0v) is 9.39. The zero-order chi connectivity index (χ0) is 12.2. The molecule has 16 heavy (non-hydrogen) atoms. The Morgan fingerprint density at radius 3 is 2.31 bits per heavy atom. The molecule has 1 rings (SSSR count). The van der Waals surface area contributed by atoms with E-state index in [9.17, 15) is 13.2 Å². The number of aryl methyl sites for hydroxylation is 1. The third-order valence-electron chi connectivity index (χ3n) is 1.77. The molecule has 0 aliphatic carbocycles. The third kappa shape index (κ3) is 4.22. The number of alkyl halides is 4. The van der Waals surface area contributed by atoms with Gasteiger partial charge >= 0.3 is 6.18 Å². The molecule has 0 N–H and O–H groups in total. The SMILES string of the molecule is Cc1cnc(N(CCCl)CC(F)(F)F)nc1. The van der Waals surface area contributed by atoms with Crippen molar-refractivity contribution in [3.05, 3.63) is 18.0 Å². The molecule has 0 atom stereocenters. The first-order valence-corrected chi connectivity index (χ1v) is 5.12. The highest BCUT2D eigenvalue weighted by molar-refractivity contribution is 6.18. The van der Waals surface area contributed by atoms with Crippen molar-refractivity contribution in [1.29, 1.82) is 0 Å². The third-order valence-corrected chi connectivity index (χ3v) is 1.94. The molecule has 0 aliphatic rings. The summed E-state index contributed by atoms with van der Waals surface area (Å²) in [4.78, 5) is 8.68. The second kappa shape index (κ2) is 5.34. The molecule has 0 aromatic carbocycles. The van der Waals surface area contributed by atoms with E-state index in [1.54, 1.807) is 6.92 Å². The molecule has 0 unspecified atom stereocenters. The molecule has 0 fully saturated rings. The lowest BCUT2D eigenvalue weighted by molar-refractivity contribution is -0.119. The summed E-state index contributed by atoms with van der Waals surface area (Å²) in [6.45, 7) is 0.729. The maximum atomic E-state index is 12.3. The van der Waals surface area contributed by atoms with Gasteiger partial charge in [-0.3, -0.25) is 0 Å². The quantitative estimate of drug-likeness (QED) is 0.772. The summed E-state index contributed by atoms with van der Waals surface area (Å²) >= 11 is 5.44. The van der Waals surface area contributed by atoms with E-state index in [1.807, 2.05) is 0 Å². The van der Waals surface area contributed by atoms with E-state index in [4.69, 9.17) is 11.6 Å². The molecule has 3 nitrogen and oxygen atoms in total. The summed E-state index contributed by atoms with van der Waals surface area (Å²) in [6.07, 6.45) is -1.35. The minimum atomic E-state index is -4.29. The Bertz CT molecular complexity index is 326. The van der Waals surface area contributed by atoms with Gasteiger partial charge in [0.1, 0.15) is 6.54 Å². The van der Waals surface area contributed by atoms with E-state index in [0.29, 0.717) is 0 Å². The Hall–Kier alpha value is -1.04. The van der Waals surface area contributed by atoms with E-state index in [2.05, 4.69) is 9.97 Å². The first-order chi connectivity index (χ1) is 7.42. The maximum Gasteiger partial charge on any atom is 0.406 e. The average Bonchev–Trinajstić information content (AvgIpc) is 2.16. The summed E-state index contributed by atoms with van der Waals surface area (Å²) in [5.41, 5.74) is 0.793. The predicted molar refractivity (Wildman–Crippen MR) is 55.8 cm³/mol. The highest BCUT2D eigenvalue weighted by Gasteiger charge is 2.31. The summed E-state index contributed by atoms with van der Waals surface area (Å²) < 4.78 is 36.8. The highest BCUT2D eigenvalue weighted by atomic mass is 35.5. The van der Waals surface area contributed by atoms with Crippen LogP contribution in [0.2, 0.25) is 0 Å². The van der Waals surface area contributed by atoms with Crippen molar-refractivity contribution < 1.29 is 13.2 Å². The topological polar surface area (TPSA) is 29.0 Å². The summed E-state index contributed by atoms with van der Waals surface area (Å²) in [5.74, 6) is 0.136. The summed E-state index contributed by atoms with van der Waals surface area (Å²) in [6, 6.07) is 0. The van der Waals surface area contributed by atoms with Crippen LogP contribution in [0.1, 0.15) is 5.56 Å². The lowest BCUT2D eigenvalue weighted by Crippen LogP contribution is -2.36. The number of rotatable bonds is 4. The number of anilines is 1. The molecule has 0 spiro atoms. The monoisotopic (exact) mass is 253 g/mol. The van der Waals surface area contributed by atoms with Gasteiger partial charge in [0.15, 0.2) is 0 Å². The van der Waals surface area contributed by atoms with Gasteiger partial charge in [0.25, 0.3) is 0 Å². The van der Waals surface area contributed by atoms with E-state index in [-0.39, 0.29) is 18.4 Å². The van der Waals surface area contributed by atoms with Crippen molar-refractivity contribution in [2.75, 3.05) is 23.9 Å². The van der Waals surface area contributed by atoms with Crippen molar-refractivity contribution in [3.8, 4) is 0 Å². The van der Waals surface area contributed by atoms with Gasteiger partial charge in [0.05, 0.1) is 0 Å². The molecule has 1 aromatic heterocycles. The van der Waals surface area contributed by atoms with Gasteiger partial charge < -0.3 is 4.90 Å². The Labute approximate surface area is 96.3 Å².